The van der Waals surface area contributed by atoms with Crippen molar-refractivity contribution in [1.29, 1.82) is 0 Å². The van der Waals surface area contributed by atoms with Gasteiger partial charge in [0.25, 0.3) is 0 Å². The second kappa shape index (κ2) is 7.27. The third-order valence-corrected chi connectivity index (χ3v) is 10.3. The lowest BCUT2D eigenvalue weighted by Gasteiger charge is -2.62. The lowest BCUT2D eigenvalue weighted by Crippen LogP contribution is -2.58. The molecule has 10 atom stereocenters. The molecule has 0 spiro atoms. The lowest BCUT2D eigenvalue weighted by molar-refractivity contribution is -0.175. The van der Waals surface area contributed by atoms with Gasteiger partial charge in [0.2, 0.25) is 0 Å². The number of carboxylic acids is 1. The topological polar surface area (TPSA) is 77.8 Å². The van der Waals surface area contributed by atoms with Gasteiger partial charge in [0.15, 0.2) is 0 Å². The third-order valence-electron chi connectivity index (χ3n) is 10.3. The van der Waals surface area contributed by atoms with Crippen molar-refractivity contribution in [1.82, 2.24) is 0 Å². The van der Waals surface area contributed by atoms with Gasteiger partial charge in [-0.05, 0) is 104 Å². The Kier molecular flexibility index (Phi) is 5.36. The molecule has 3 N–H and O–H groups in total. The van der Waals surface area contributed by atoms with Gasteiger partial charge in [-0.3, -0.25) is 4.79 Å². The van der Waals surface area contributed by atoms with E-state index in [0.29, 0.717) is 35.5 Å². The van der Waals surface area contributed by atoms with Crippen molar-refractivity contribution in [3.8, 4) is 0 Å². The molecular weight excluding hydrogens is 352 g/mol. The van der Waals surface area contributed by atoms with Crippen molar-refractivity contribution in [3.05, 3.63) is 0 Å². The molecule has 0 aliphatic heterocycles. The van der Waals surface area contributed by atoms with Crippen LogP contribution in [0.5, 0.6) is 0 Å². The van der Waals surface area contributed by atoms with Crippen molar-refractivity contribution >= 4 is 5.97 Å². The largest absolute Gasteiger partial charge is 0.481 e. The zero-order valence-electron chi connectivity index (χ0n) is 17.9. The second-order valence-corrected chi connectivity index (χ2v) is 11.3. The summed E-state index contributed by atoms with van der Waals surface area (Å²) in [7, 11) is 0. The molecule has 4 aliphatic rings. The van der Waals surface area contributed by atoms with E-state index in [1.54, 1.807) is 0 Å². The van der Waals surface area contributed by atoms with Crippen LogP contribution in [0.15, 0.2) is 0 Å². The molecule has 0 amide bonds. The van der Waals surface area contributed by atoms with E-state index in [4.69, 9.17) is 5.11 Å². The van der Waals surface area contributed by atoms with E-state index < -0.39 is 5.97 Å². The predicted octanol–water partition coefficient (Wildman–Crippen LogP) is 4.48. The molecule has 0 aromatic rings. The first-order chi connectivity index (χ1) is 13.2. The molecule has 28 heavy (non-hydrogen) atoms. The van der Waals surface area contributed by atoms with E-state index in [1.165, 1.54) is 19.3 Å². The molecule has 0 heterocycles. The number of aliphatic hydroxyl groups is 2. The second-order valence-electron chi connectivity index (χ2n) is 11.3. The molecule has 0 unspecified atom stereocenters. The standard InChI is InChI=1S/C24H40O4/c1-14(4-9-22(27)28)18-7-8-19-17-6-5-15-12-16(25)10-11-23(15,2)20(17)13-21(26)24(18,19)3/h14-21,25-26H,4-13H2,1-3H3,(H,27,28)/t14-,15-,16-,17+,18-,19+,20+,21+,23-,24-/m0/s1. The van der Waals surface area contributed by atoms with Crippen LogP contribution in [0.4, 0.5) is 0 Å². The fourth-order valence-corrected chi connectivity index (χ4v) is 8.71. The summed E-state index contributed by atoms with van der Waals surface area (Å²) in [6.07, 6.45) is 9.26. The fraction of sp³-hybridized carbons (Fsp3) is 0.958. The Morgan fingerprint density at radius 2 is 1.79 bits per heavy atom. The van der Waals surface area contributed by atoms with E-state index in [0.717, 1.165) is 38.5 Å². The number of aliphatic hydroxyl groups excluding tert-OH is 2. The van der Waals surface area contributed by atoms with Crippen LogP contribution in [-0.4, -0.2) is 33.5 Å². The lowest BCUT2D eigenvalue weighted by atomic mass is 9.43. The molecule has 4 fully saturated rings. The van der Waals surface area contributed by atoms with Gasteiger partial charge >= 0.3 is 5.97 Å². The summed E-state index contributed by atoms with van der Waals surface area (Å²) in [6.45, 7) is 6.99. The van der Waals surface area contributed by atoms with E-state index in [9.17, 15) is 15.0 Å². The van der Waals surface area contributed by atoms with Crippen LogP contribution in [-0.2, 0) is 4.79 Å². The smallest absolute Gasteiger partial charge is 0.303 e. The first kappa shape index (κ1) is 20.7. The summed E-state index contributed by atoms with van der Waals surface area (Å²) in [5, 5.41) is 30.8. The monoisotopic (exact) mass is 392 g/mol. The molecule has 0 bridgehead atoms. The highest BCUT2D eigenvalue weighted by molar-refractivity contribution is 5.66. The minimum Gasteiger partial charge on any atom is -0.481 e. The zero-order valence-corrected chi connectivity index (χ0v) is 17.9. The number of hydrogen-bond acceptors (Lipinski definition) is 3. The number of carbonyl (C=O) groups is 1. The minimum absolute atomic E-state index is 0.0591. The van der Waals surface area contributed by atoms with E-state index >= 15 is 0 Å². The highest BCUT2D eigenvalue weighted by atomic mass is 16.4. The van der Waals surface area contributed by atoms with Crippen molar-refractivity contribution in [2.24, 2.45) is 46.3 Å². The molecule has 0 aromatic heterocycles. The third kappa shape index (κ3) is 3.05. The summed E-state index contributed by atoms with van der Waals surface area (Å²) in [5.41, 5.74) is 0.216. The quantitative estimate of drug-likeness (QED) is 0.659. The van der Waals surface area contributed by atoms with E-state index in [2.05, 4.69) is 20.8 Å². The number of fused-ring (bicyclic) bond motifs is 5. The molecule has 4 heteroatoms. The Morgan fingerprint density at radius 1 is 1.04 bits per heavy atom. The molecule has 0 aromatic carbocycles. The Hall–Kier alpha value is -0.610. The van der Waals surface area contributed by atoms with Gasteiger partial charge in [0.1, 0.15) is 0 Å². The van der Waals surface area contributed by atoms with Crippen molar-refractivity contribution in [2.45, 2.75) is 97.2 Å². The predicted molar refractivity (Wildman–Crippen MR) is 109 cm³/mol. The first-order valence-corrected chi connectivity index (χ1v) is 11.8. The molecule has 4 saturated carbocycles. The summed E-state index contributed by atoms with van der Waals surface area (Å²) in [5.74, 6) is 2.55. The Labute approximate surface area is 170 Å². The molecule has 0 radical (unpaired) electrons. The van der Waals surface area contributed by atoms with Crippen molar-refractivity contribution < 1.29 is 20.1 Å². The van der Waals surface area contributed by atoms with Gasteiger partial charge in [-0.2, -0.15) is 0 Å². The maximum atomic E-state index is 11.5. The SMILES string of the molecule is C[C@@H](CCC(=O)O)[C@@H]1CC[C@@H]2[C@H]3CC[C@H]4C[C@@H](O)CC[C@]4(C)[C@@H]3C[C@@H](O)[C@]21C. The van der Waals surface area contributed by atoms with Crippen LogP contribution >= 0.6 is 0 Å². The van der Waals surface area contributed by atoms with E-state index in [-0.39, 0.29) is 29.5 Å². The van der Waals surface area contributed by atoms with Gasteiger partial charge in [-0.1, -0.05) is 20.8 Å². The van der Waals surface area contributed by atoms with Gasteiger partial charge in [-0.25, -0.2) is 0 Å². The Bertz CT molecular complexity index is 605. The summed E-state index contributed by atoms with van der Waals surface area (Å²) < 4.78 is 0. The van der Waals surface area contributed by atoms with Gasteiger partial charge in [0, 0.05) is 6.42 Å². The van der Waals surface area contributed by atoms with Crippen LogP contribution in [0.25, 0.3) is 0 Å². The summed E-state index contributed by atoms with van der Waals surface area (Å²) in [6, 6.07) is 0. The van der Waals surface area contributed by atoms with Gasteiger partial charge < -0.3 is 15.3 Å². The average Bonchev–Trinajstić information content (AvgIpc) is 3.00. The van der Waals surface area contributed by atoms with Crippen LogP contribution in [0.3, 0.4) is 0 Å². The average molecular weight is 393 g/mol. The Morgan fingerprint density at radius 3 is 2.50 bits per heavy atom. The fourth-order valence-electron chi connectivity index (χ4n) is 8.71. The molecule has 0 saturated heterocycles. The molecule has 4 rings (SSSR count). The van der Waals surface area contributed by atoms with Gasteiger partial charge in [0.05, 0.1) is 12.2 Å². The first-order valence-electron chi connectivity index (χ1n) is 11.8. The number of aliphatic carboxylic acids is 1. The normalized spacial score (nSPS) is 51.7. The highest BCUT2D eigenvalue weighted by Crippen LogP contribution is 2.68. The molecular formula is C24H40O4. The van der Waals surface area contributed by atoms with Gasteiger partial charge in [-0.15, -0.1) is 0 Å². The summed E-state index contributed by atoms with van der Waals surface area (Å²) >= 11 is 0. The van der Waals surface area contributed by atoms with E-state index in [1.807, 2.05) is 0 Å². The summed E-state index contributed by atoms with van der Waals surface area (Å²) in [4.78, 5) is 11.1. The highest BCUT2D eigenvalue weighted by Gasteiger charge is 2.63. The maximum Gasteiger partial charge on any atom is 0.303 e. The number of rotatable bonds is 4. The van der Waals surface area contributed by atoms with Crippen LogP contribution < -0.4 is 0 Å². The molecule has 4 nitrogen and oxygen atoms in total. The number of carboxylic acid groups (broad SMARTS) is 1. The van der Waals surface area contributed by atoms with Crippen LogP contribution in [0.2, 0.25) is 0 Å². The van der Waals surface area contributed by atoms with Crippen molar-refractivity contribution in [3.63, 3.8) is 0 Å². The Balaban J connectivity index is 1.56. The van der Waals surface area contributed by atoms with Crippen molar-refractivity contribution in [2.75, 3.05) is 0 Å². The minimum atomic E-state index is -0.707. The zero-order chi connectivity index (χ0) is 20.3. The molecule has 4 aliphatic carbocycles. The van der Waals surface area contributed by atoms with Crippen LogP contribution in [0, 0.1) is 46.3 Å². The molecule has 160 valence electrons. The number of hydrogen-bond donors (Lipinski definition) is 3. The van der Waals surface area contributed by atoms with Crippen LogP contribution in [0.1, 0.15) is 85.0 Å². The maximum absolute atomic E-state index is 11.5.